The summed E-state index contributed by atoms with van der Waals surface area (Å²) in [4.78, 5) is 30.5. The number of benzene rings is 1. The van der Waals surface area contributed by atoms with Gasteiger partial charge in [0.05, 0.1) is 0 Å². The lowest BCUT2D eigenvalue weighted by atomic mass is 10.2. The van der Waals surface area contributed by atoms with E-state index in [2.05, 4.69) is 43.8 Å². The quantitative estimate of drug-likeness (QED) is 0.813. The van der Waals surface area contributed by atoms with E-state index in [1.807, 2.05) is 23.1 Å². The van der Waals surface area contributed by atoms with Crippen LogP contribution in [0.1, 0.15) is 10.5 Å². The smallest absolute Gasteiger partial charge is 0.272 e. The van der Waals surface area contributed by atoms with Gasteiger partial charge in [0, 0.05) is 64.2 Å². The molecule has 7 heteroatoms. The summed E-state index contributed by atoms with van der Waals surface area (Å²) in [6.45, 7) is 6.86. The van der Waals surface area contributed by atoms with Crippen LogP contribution in [0.5, 0.6) is 0 Å². The fourth-order valence-electron chi connectivity index (χ4n) is 3.59. The Hall–Kier alpha value is -2.67. The first kappa shape index (κ1) is 17.7. The Bertz CT molecular complexity index is 767. The van der Waals surface area contributed by atoms with E-state index in [0.717, 1.165) is 39.3 Å². The Labute approximate surface area is 160 Å². The molecule has 2 aliphatic rings. The highest BCUT2D eigenvalue weighted by molar-refractivity contribution is 5.92. The number of hydrogen-bond donors (Lipinski definition) is 0. The third-order valence-electron chi connectivity index (χ3n) is 5.34. The summed E-state index contributed by atoms with van der Waals surface area (Å²) >= 11 is 0. The summed E-state index contributed by atoms with van der Waals surface area (Å²) in [5.41, 5.74) is 1.70. The van der Waals surface area contributed by atoms with Gasteiger partial charge in [-0.15, -0.1) is 0 Å². The lowest BCUT2D eigenvalue weighted by molar-refractivity contribution is 0.0740. The van der Waals surface area contributed by atoms with Gasteiger partial charge in [-0.25, -0.2) is 9.97 Å². The van der Waals surface area contributed by atoms with Gasteiger partial charge in [0.25, 0.3) is 5.91 Å². The number of anilines is 2. The maximum Gasteiger partial charge on any atom is 0.272 e. The molecule has 0 spiro atoms. The van der Waals surface area contributed by atoms with E-state index in [0.29, 0.717) is 24.7 Å². The number of para-hydroxylation sites is 1. The molecule has 2 fully saturated rings. The Balaban J connectivity index is 1.39. The average Bonchev–Trinajstić information content (AvgIpc) is 2.75. The molecule has 1 aromatic heterocycles. The Morgan fingerprint density at radius 3 is 2.22 bits per heavy atom. The largest absolute Gasteiger partial charge is 0.368 e. The van der Waals surface area contributed by atoms with Crippen molar-refractivity contribution < 1.29 is 4.79 Å². The molecule has 0 unspecified atom stereocenters. The van der Waals surface area contributed by atoms with Crippen LogP contribution in [-0.4, -0.2) is 85.1 Å². The third kappa shape index (κ3) is 4.03. The number of carbonyl (C=O) groups is 1. The molecule has 0 radical (unpaired) electrons. The van der Waals surface area contributed by atoms with Gasteiger partial charge in [0.1, 0.15) is 5.69 Å². The van der Waals surface area contributed by atoms with Crippen molar-refractivity contribution in [2.45, 2.75) is 0 Å². The number of amides is 1. The number of nitrogens with zero attached hydrogens (tertiary/aromatic N) is 6. The van der Waals surface area contributed by atoms with Crippen LogP contribution >= 0.6 is 0 Å². The minimum Gasteiger partial charge on any atom is -0.368 e. The first-order valence-corrected chi connectivity index (χ1v) is 9.56. The van der Waals surface area contributed by atoms with Gasteiger partial charge in [-0.3, -0.25) is 4.79 Å². The SMILES string of the molecule is CN1CCN(c2nccc(C(=O)N3CCN(c4ccccc4)CC3)n2)CC1. The van der Waals surface area contributed by atoms with Gasteiger partial charge in [0.2, 0.25) is 5.95 Å². The van der Waals surface area contributed by atoms with E-state index in [1.54, 1.807) is 12.3 Å². The number of rotatable bonds is 3. The molecule has 2 aromatic rings. The predicted molar refractivity (Wildman–Crippen MR) is 106 cm³/mol. The molecule has 142 valence electrons. The fourth-order valence-corrected chi connectivity index (χ4v) is 3.59. The fraction of sp³-hybridized carbons (Fsp3) is 0.450. The normalized spacial score (nSPS) is 18.6. The van der Waals surface area contributed by atoms with Crippen molar-refractivity contribution in [3.63, 3.8) is 0 Å². The van der Waals surface area contributed by atoms with Crippen molar-refractivity contribution >= 4 is 17.5 Å². The molecule has 7 nitrogen and oxygen atoms in total. The molecule has 1 aromatic carbocycles. The minimum absolute atomic E-state index is 0.000453. The molecule has 0 bridgehead atoms. The molecule has 2 aliphatic heterocycles. The third-order valence-corrected chi connectivity index (χ3v) is 5.34. The first-order valence-electron chi connectivity index (χ1n) is 9.56. The van der Waals surface area contributed by atoms with E-state index in [4.69, 9.17) is 0 Å². The number of aromatic nitrogens is 2. The second kappa shape index (κ2) is 7.92. The molecule has 1 amide bonds. The molecule has 0 aliphatic carbocycles. The highest BCUT2D eigenvalue weighted by Gasteiger charge is 2.24. The molecule has 4 rings (SSSR count). The van der Waals surface area contributed by atoms with Crippen LogP contribution in [0.25, 0.3) is 0 Å². The maximum atomic E-state index is 12.9. The standard InChI is InChI=1S/C20H26N6O/c1-23-9-11-26(12-10-23)20-21-8-7-18(22-20)19(27)25-15-13-24(14-16-25)17-5-3-2-4-6-17/h2-8H,9-16H2,1H3. The van der Waals surface area contributed by atoms with Gasteiger partial charge in [-0.05, 0) is 25.2 Å². The first-order chi connectivity index (χ1) is 13.2. The van der Waals surface area contributed by atoms with Gasteiger partial charge < -0.3 is 19.6 Å². The number of hydrogen-bond acceptors (Lipinski definition) is 6. The Kier molecular flexibility index (Phi) is 5.20. The van der Waals surface area contributed by atoms with Gasteiger partial charge in [-0.1, -0.05) is 18.2 Å². The molecule has 2 saturated heterocycles. The predicted octanol–water partition coefficient (Wildman–Crippen LogP) is 1.19. The van der Waals surface area contributed by atoms with Crippen LogP contribution in [0.15, 0.2) is 42.6 Å². The lowest BCUT2D eigenvalue weighted by Gasteiger charge is -2.36. The zero-order valence-corrected chi connectivity index (χ0v) is 15.8. The van der Waals surface area contributed by atoms with E-state index in [-0.39, 0.29) is 5.91 Å². The summed E-state index contributed by atoms with van der Waals surface area (Å²) in [5.74, 6) is 0.664. The molecule has 0 saturated carbocycles. The van der Waals surface area contributed by atoms with Crippen molar-refractivity contribution in [1.82, 2.24) is 19.8 Å². The van der Waals surface area contributed by atoms with Gasteiger partial charge in [0.15, 0.2) is 0 Å². The van der Waals surface area contributed by atoms with Crippen molar-refractivity contribution in [2.24, 2.45) is 0 Å². The van der Waals surface area contributed by atoms with Crippen LogP contribution < -0.4 is 9.80 Å². The summed E-state index contributed by atoms with van der Waals surface area (Å²) < 4.78 is 0. The number of likely N-dealkylation sites (N-methyl/N-ethyl adjacent to an activating group) is 1. The second-order valence-electron chi connectivity index (χ2n) is 7.15. The topological polar surface area (TPSA) is 55.8 Å². The van der Waals surface area contributed by atoms with Crippen molar-refractivity contribution in [3.05, 3.63) is 48.3 Å². The van der Waals surface area contributed by atoms with Crippen LogP contribution in [-0.2, 0) is 0 Å². The van der Waals surface area contributed by atoms with Crippen molar-refractivity contribution in [2.75, 3.05) is 69.2 Å². The van der Waals surface area contributed by atoms with Gasteiger partial charge >= 0.3 is 0 Å². The monoisotopic (exact) mass is 366 g/mol. The van der Waals surface area contributed by atoms with E-state index in [1.165, 1.54) is 5.69 Å². The summed E-state index contributed by atoms with van der Waals surface area (Å²) in [6.07, 6.45) is 1.70. The minimum atomic E-state index is 0.000453. The average molecular weight is 366 g/mol. The Morgan fingerprint density at radius 1 is 0.852 bits per heavy atom. The van der Waals surface area contributed by atoms with Crippen LogP contribution in [0.3, 0.4) is 0 Å². The number of piperazine rings is 2. The summed E-state index contributed by atoms with van der Waals surface area (Å²) in [7, 11) is 2.12. The lowest BCUT2D eigenvalue weighted by Crippen LogP contribution is -2.49. The highest BCUT2D eigenvalue weighted by atomic mass is 16.2. The molecule has 0 atom stereocenters. The Morgan fingerprint density at radius 2 is 1.52 bits per heavy atom. The second-order valence-corrected chi connectivity index (χ2v) is 7.15. The molecule has 3 heterocycles. The van der Waals surface area contributed by atoms with Crippen LogP contribution in [0, 0.1) is 0 Å². The zero-order chi connectivity index (χ0) is 18.6. The molecule has 0 N–H and O–H groups in total. The van der Waals surface area contributed by atoms with Gasteiger partial charge in [-0.2, -0.15) is 0 Å². The maximum absolute atomic E-state index is 12.9. The van der Waals surface area contributed by atoms with Crippen LogP contribution in [0.2, 0.25) is 0 Å². The van der Waals surface area contributed by atoms with E-state index >= 15 is 0 Å². The van der Waals surface area contributed by atoms with Crippen LogP contribution in [0.4, 0.5) is 11.6 Å². The van der Waals surface area contributed by atoms with E-state index < -0.39 is 0 Å². The van der Waals surface area contributed by atoms with Crippen molar-refractivity contribution in [1.29, 1.82) is 0 Å². The summed E-state index contributed by atoms with van der Waals surface area (Å²) in [6, 6.07) is 12.1. The van der Waals surface area contributed by atoms with E-state index in [9.17, 15) is 4.79 Å². The molecule has 27 heavy (non-hydrogen) atoms. The highest BCUT2D eigenvalue weighted by Crippen LogP contribution is 2.17. The number of carbonyl (C=O) groups excluding carboxylic acids is 1. The summed E-state index contributed by atoms with van der Waals surface area (Å²) in [5, 5.41) is 0. The van der Waals surface area contributed by atoms with Crippen molar-refractivity contribution in [3.8, 4) is 0 Å². The molecular formula is C20H26N6O. The molecular weight excluding hydrogens is 340 g/mol. The zero-order valence-electron chi connectivity index (χ0n) is 15.8.